The van der Waals surface area contributed by atoms with Crippen LogP contribution in [-0.2, 0) is 0 Å². The number of piperidine rings is 1. The number of carbonyl (C=O) groups excluding carboxylic acids is 1. The van der Waals surface area contributed by atoms with Crippen LogP contribution in [0, 0.1) is 13.8 Å². The molecule has 150 valence electrons. The molecule has 7 heteroatoms. The second-order valence-electron chi connectivity index (χ2n) is 7.17. The number of aryl methyl sites for hydroxylation is 2. The number of alkyl halides is 2. The Labute approximate surface area is 168 Å². The average molecular weight is 406 g/mol. The van der Waals surface area contributed by atoms with Crippen molar-refractivity contribution < 1.29 is 13.6 Å². The fourth-order valence-electron chi connectivity index (χ4n) is 3.38. The lowest BCUT2D eigenvalue weighted by molar-refractivity contribution is 0.0695. The van der Waals surface area contributed by atoms with Crippen molar-refractivity contribution >= 4 is 17.7 Å². The third-order valence-corrected chi connectivity index (χ3v) is 6.07. The zero-order valence-corrected chi connectivity index (χ0v) is 16.9. The molecular formula is C21H25F2N3OS. The normalized spacial score (nSPS) is 15.8. The van der Waals surface area contributed by atoms with Crippen molar-refractivity contribution in [2.75, 3.05) is 19.6 Å². The van der Waals surface area contributed by atoms with Crippen LogP contribution in [0.5, 0.6) is 0 Å². The number of aromatic nitrogens is 1. The summed E-state index contributed by atoms with van der Waals surface area (Å²) in [5.41, 5.74) is 2.88. The van der Waals surface area contributed by atoms with E-state index in [0.717, 1.165) is 10.5 Å². The first-order valence-corrected chi connectivity index (χ1v) is 10.3. The van der Waals surface area contributed by atoms with E-state index in [1.807, 2.05) is 26.0 Å². The number of nitrogens with one attached hydrogen (secondary N) is 1. The van der Waals surface area contributed by atoms with Gasteiger partial charge in [0.2, 0.25) is 0 Å². The van der Waals surface area contributed by atoms with Gasteiger partial charge in [-0.1, -0.05) is 29.5 Å². The van der Waals surface area contributed by atoms with Gasteiger partial charge in [0.1, 0.15) is 5.03 Å². The highest BCUT2D eigenvalue weighted by molar-refractivity contribution is 7.99. The molecule has 0 saturated carbocycles. The number of rotatable bonds is 6. The summed E-state index contributed by atoms with van der Waals surface area (Å²) in [6, 6.07) is 9.74. The molecule has 0 atom stereocenters. The van der Waals surface area contributed by atoms with Crippen molar-refractivity contribution in [2.45, 2.75) is 49.1 Å². The largest absolute Gasteiger partial charge is 0.349 e. The number of benzene rings is 1. The molecule has 1 N–H and O–H groups in total. The van der Waals surface area contributed by atoms with Crippen LogP contribution in [0.25, 0.3) is 0 Å². The van der Waals surface area contributed by atoms with E-state index < -0.39 is 6.43 Å². The maximum atomic E-state index is 12.8. The summed E-state index contributed by atoms with van der Waals surface area (Å²) in [5.74, 6) is -0.160. The van der Waals surface area contributed by atoms with Gasteiger partial charge >= 0.3 is 0 Å². The van der Waals surface area contributed by atoms with E-state index in [2.05, 4.69) is 16.4 Å². The lowest BCUT2D eigenvalue weighted by Crippen LogP contribution is -2.45. The Morgan fingerprint density at radius 1 is 1.29 bits per heavy atom. The minimum atomic E-state index is -2.31. The Hall–Kier alpha value is -1.99. The third kappa shape index (κ3) is 5.52. The van der Waals surface area contributed by atoms with E-state index in [1.165, 1.54) is 17.3 Å². The number of likely N-dealkylation sites (tertiary alicyclic amines) is 1. The zero-order chi connectivity index (χ0) is 20.1. The smallest absolute Gasteiger partial charge is 0.254 e. The van der Waals surface area contributed by atoms with Crippen LogP contribution in [0.4, 0.5) is 8.78 Å². The van der Waals surface area contributed by atoms with Crippen molar-refractivity contribution in [3.05, 3.63) is 53.2 Å². The van der Waals surface area contributed by atoms with Crippen LogP contribution in [0.3, 0.4) is 0 Å². The van der Waals surface area contributed by atoms with Crippen molar-refractivity contribution in [1.82, 2.24) is 15.2 Å². The molecule has 1 aromatic heterocycles. The fraction of sp³-hybridized carbons (Fsp3) is 0.429. The molecule has 2 aromatic rings. The monoisotopic (exact) mass is 405 g/mol. The zero-order valence-electron chi connectivity index (χ0n) is 16.1. The summed E-state index contributed by atoms with van der Waals surface area (Å²) < 4.78 is 25.0. The molecule has 0 unspecified atom stereocenters. The number of hydrogen-bond acceptors (Lipinski definition) is 4. The second-order valence-corrected chi connectivity index (χ2v) is 8.20. The quantitative estimate of drug-likeness (QED) is 0.778. The number of carbonyl (C=O) groups is 1. The van der Waals surface area contributed by atoms with E-state index in [-0.39, 0.29) is 18.5 Å². The molecular weight excluding hydrogens is 380 g/mol. The Kier molecular flexibility index (Phi) is 7.02. The van der Waals surface area contributed by atoms with Gasteiger partial charge in [-0.15, -0.1) is 0 Å². The number of amides is 1. The van der Waals surface area contributed by atoms with Crippen molar-refractivity contribution in [2.24, 2.45) is 0 Å². The fourth-order valence-corrected chi connectivity index (χ4v) is 4.33. The molecule has 1 fully saturated rings. The predicted molar refractivity (Wildman–Crippen MR) is 107 cm³/mol. The average Bonchev–Trinajstić information content (AvgIpc) is 2.65. The second kappa shape index (κ2) is 9.47. The topological polar surface area (TPSA) is 45.2 Å². The van der Waals surface area contributed by atoms with Gasteiger partial charge in [-0.25, -0.2) is 13.8 Å². The number of nitrogens with zero attached hydrogens (tertiary/aromatic N) is 2. The summed E-state index contributed by atoms with van der Waals surface area (Å²) in [4.78, 5) is 20.0. The molecule has 4 nitrogen and oxygen atoms in total. The Bertz CT molecular complexity index is 823. The summed E-state index contributed by atoms with van der Waals surface area (Å²) in [5, 5.41) is 3.72. The number of halogens is 2. The van der Waals surface area contributed by atoms with Crippen LogP contribution in [0.15, 0.2) is 46.5 Å². The molecule has 3 rings (SSSR count). The first kappa shape index (κ1) is 20.7. The Balaban J connectivity index is 1.65. The SMILES string of the molecule is Cc1ccc(Sc2ncccc2C(=O)NC2CCN(CC(F)F)CC2)c(C)c1. The van der Waals surface area contributed by atoms with Gasteiger partial charge in [-0.3, -0.25) is 9.69 Å². The molecule has 1 saturated heterocycles. The van der Waals surface area contributed by atoms with Crippen LogP contribution < -0.4 is 5.32 Å². The minimum Gasteiger partial charge on any atom is -0.349 e. The Morgan fingerprint density at radius 3 is 2.71 bits per heavy atom. The molecule has 0 radical (unpaired) electrons. The van der Waals surface area contributed by atoms with E-state index in [4.69, 9.17) is 0 Å². The van der Waals surface area contributed by atoms with Crippen LogP contribution in [0.2, 0.25) is 0 Å². The van der Waals surface area contributed by atoms with E-state index >= 15 is 0 Å². The predicted octanol–water partition coefficient (Wildman–Crippen LogP) is 4.31. The molecule has 2 heterocycles. The summed E-state index contributed by atoms with van der Waals surface area (Å²) >= 11 is 1.48. The lowest BCUT2D eigenvalue weighted by Gasteiger charge is -2.32. The highest BCUT2D eigenvalue weighted by Crippen LogP contribution is 2.31. The van der Waals surface area contributed by atoms with Gasteiger partial charge in [0.15, 0.2) is 0 Å². The van der Waals surface area contributed by atoms with Gasteiger partial charge in [0, 0.05) is 30.2 Å². The summed E-state index contributed by atoms with van der Waals surface area (Å²) in [7, 11) is 0. The van der Waals surface area contributed by atoms with Gasteiger partial charge in [-0.05, 0) is 50.5 Å². The van der Waals surface area contributed by atoms with E-state index in [1.54, 1.807) is 23.2 Å². The maximum Gasteiger partial charge on any atom is 0.254 e. The lowest BCUT2D eigenvalue weighted by atomic mass is 10.0. The summed E-state index contributed by atoms with van der Waals surface area (Å²) in [6.07, 6.45) is 0.730. The molecule has 0 bridgehead atoms. The summed E-state index contributed by atoms with van der Waals surface area (Å²) in [6.45, 7) is 5.05. The highest BCUT2D eigenvalue weighted by Gasteiger charge is 2.24. The van der Waals surface area contributed by atoms with Gasteiger partial charge < -0.3 is 5.32 Å². The standard InChI is InChI=1S/C21H25F2N3OS/c1-14-5-6-18(15(2)12-14)28-21-17(4-3-9-24-21)20(27)25-16-7-10-26(11-8-16)13-19(22)23/h3-6,9,12,16,19H,7-8,10-11,13H2,1-2H3,(H,25,27). The molecule has 1 aliphatic heterocycles. The molecule has 28 heavy (non-hydrogen) atoms. The van der Waals surface area contributed by atoms with Crippen molar-refractivity contribution in [1.29, 1.82) is 0 Å². The van der Waals surface area contributed by atoms with Crippen molar-refractivity contribution in [3.8, 4) is 0 Å². The molecule has 1 aromatic carbocycles. The van der Waals surface area contributed by atoms with Crippen molar-refractivity contribution in [3.63, 3.8) is 0 Å². The first-order valence-electron chi connectivity index (χ1n) is 9.44. The molecule has 0 aliphatic carbocycles. The van der Waals surface area contributed by atoms with Crippen LogP contribution in [-0.4, -0.2) is 47.9 Å². The van der Waals surface area contributed by atoms with Crippen LogP contribution in [0.1, 0.15) is 34.3 Å². The van der Waals surface area contributed by atoms with Crippen LogP contribution >= 0.6 is 11.8 Å². The van der Waals surface area contributed by atoms with Gasteiger partial charge in [0.05, 0.1) is 12.1 Å². The molecule has 0 spiro atoms. The van der Waals surface area contributed by atoms with E-state index in [9.17, 15) is 13.6 Å². The molecule has 1 aliphatic rings. The first-order chi connectivity index (χ1) is 13.4. The number of hydrogen-bond donors (Lipinski definition) is 1. The highest BCUT2D eigenvalue weighted by atomic mass is 32.2. The maximum absolute atomic E-state index is 12.8. The van der Waals surface area contributed by atoms with E-state index in [0.29, 0.717) is 36.5 Å². The molecule has 1 amide bonds. The van der Waals surface area contributed by atoms with Gasteiger partial charge in [-0.2, -0.15) is 0 Å². The minimum absolute atomic E-state index is 0.000546. The van der Waals surface area contributed by atoms with Gasteiger partial charge in [0.25, 0.3) is 12.3 Å². The third-order valence-electron chi connectivity index (χ3n) is 4.87. The number of pyridine rings is 1. The Morgan fingerprint density at radius 2 is 2.04 bits per heavy atom.